The molecule has 0 heterocycles. The summed E-state index contributed by atoms with van der Waals surface area (Å²) in [6, 6.07) is 16.3. The molecule has 1 N–H and O–H groups in total. The largest absolute Gasteiger partial charge is 0.494 e. The maximum Gasteiger partial charge on any atom is 0.264 e. The second-order valence-electron chi connectivity index (χ2n) is 8.18. The summed E-state index contributed by atoms with van der Waals surface area (Å²) in [4.78, 5) is 12.9. The van der Waals surface area contributed by atoms with Crippen LogP contribution in [0.4, 0.5) is 5.69 Å². The van der Waals surface area contributed by atoms with Gasteiger partial charge in [0.15, 0.2) is 11.5 Å². The fourth-order valence-corrected chi connectivity index (χ4v) is 5.46. The Hall–Kier alpha value is -3.83. The van der Waals surface area contributed by atoms with Gasteiger partial charge in [-0.25, -0.2) is 13.8 Å². The lowest BCUT2D eigenvalue weighted by Crippen LogP contribution is -2.39. The zero-order valence-corrected chi connectivity index (χ0v) is 24.3. The van der Waals surface area contributed by atoms with Gasteiger partial charge in [0.2, 0.25) is 0 Å². The Morgan fingerprint density at radius 3 is 2.41 bits per heavy atom. The van der Waals surface area contributed by atoms with Gasteiger partial charge in [-0.15, -0.1) is 0 Å². The zero-order chi connectivity index (χ0) is 28.4. The SMILES string of the molecule is C=CCOc1c(Br)cc(/C=N\NC(=O)CN(c2ccc(C)cc2)S(=O)(=O)c2ccc(OCC)cc2)cc1OC. The molecule has 0 aliphatic heterocycles. The molecular weight excluding hydrogens is 586 g/mol. The summed E-state index contributed by atoms with van der Waals surface area (Å²) in [6.07, 6.45) is 3.03. The molecule has 1 amide bonds. The van der Waals surface area contributed by atoms with Crippen molar-refractivity contribution in [1.29, 1.82) is 0 Å². The number of hydrazone groups is 1. The molecule has 39 heavy (non-hydrogen) atoms. The van der Waals surface area contributed by atoms with Crippen molar-refractivity contribution in [3.63, 3.8) is 0 Å². The van der Waals surface area contributed by atoms with Crippen LogP contribution in [0.1, 0.15) is 18.1 Å². The predicted molar refractivity (Wildman–Crippen MR) is 155 cm³/mol. The number of carbonyl (C=O) groups excluding carboxylic acids is 1. The fraction of sp³-hybridized carbons (Fsp3) is 0.214. The molecule has 9 nitrogen and oxygen atoms in total. The van der Waals surface area contributed by atoms with Crippen LogP contribution in [0.2, 0.25) is 0 Å². The van der Waals surface area contributed by atoms with Gasteiger partial charge < -0.3 is 14.2 Å². The summed E-state index contributed by atoms with van der Waals surface area (Å²) in [5.74, 6) is 0.894. The third-order valence-corrected chi connectivity index (χ3v) is 7.71. The molecule has 0 unspecified atom stereocenters. The lowest BCUT2D eigenvalue weighted by molar-refractivity contribution is -0.119. The highest BCUT2D eigenvalue weighted by Crippen LogP contribution is 2.36. The second-order valence-corrected chi connectivity index (χ2v) is 10.9. The fourth-order valence-electron chi connectivity index (χ4n) is 3.47. The van der Waals surface area contributed by atoms with E-state index in [-0.39, 0.29) is 4.90 Å². The number of ether oxygens (including phenoxy) is 3. The quantitative estimate of drug-likeness (QED) is 0.163. The molecule has 0 saturated heterocycles. The highest BCUT2D eigenvalue weighted by molar-refractivity contribution is 9.10. The number of hydrogen-bond donors (Lipinski definition) is 1. The van der Waals surface area contributed by atoms with E-state index in [1.165, 1.54) is 25.5 Å². The summed E-state index contributed by atoms with van der Waals surface area (Å²) < 4.78 is 45.2. The minimum atomic E-state index is -4.08. The van der Waals surface area contributed by atoms with Crippen molar-refractivity contribution in [2.24, 2.45) is 5.10 Å². The van der Waals surface area contributed by atoms with Gasteiger partial charge in [0, 0.05) is 0 Å². The summed E-state index contributed by atoms with van der Waals surface area (Å²) in [5, 5.41) is 4.00. The molecule has 0 bridgehead atoms. The number of sulfonamides is 1. The van der Waals surface area contributed by atoms with Crippen LogP contribution in [0.15, 0.2) is 87.8 Å². The number of aryl methyl sites for hydroxylation is 1. The van der Waals surface area contributed by atoms with Crippen molar-refractivity contribution >= 4 is 43.8 Å². The summed E-state index contributed by atoms with van der Waals surface area (Å²) in [7, 11) is -2.57. The van der Waals surface area contributed by atoms with Crippen LogP contribution < -0.4 is 23.9 Å². The number of nitrogens with one attached hydrogen (secondary N) is 1. The maximum absolute atomic E-state index is 13.6. The number of benzene rings is 3. The molecule has 0 aromatic heterocycles. The van der Waals surface area contributed by atoms with E-state index in [2.05, 4.69) is 33.0 Å². The smallest absolute Gasteiger partial charge is 0.264 e. The molecule has 3 rings (SSSR count). The first-order valence-corrected chi connectivity index (χ1v) is 14.2. The number of nitrogens with zero attached hydrogens (tertiary/aromatic N) is 2. The minimum absolute atomic E-state index is 0.0264. The van der Waals surface area contributed by atoms with Gasteiger partial charge in [-0.1, -0.05) is 30.4 Å². The first-order valence-electron chi connectivity index (χ1n) is 11.9. The number of hydrogen-bond acceptors (Lipinski definition) is 7. The molecule has 206 valence electrons. The highest BCUT2D eigenvalue weighted by Gasteiger charge is 2.27. The number of amides is 1. The van der Waals surface area contributed by atoms with Gasteiger partial charge in [-0.05, 0) is 83.9 Å². The molecule has 0 aliphatic rings. The Morgan fingerprint density at radius 1 is 1.10 bits per heavy atom. The van der Waals surface area contributed by atoms with Gasteiger partial charge >= 0.3 is 0 Å². The number of methoxy groups -OCH3 is 1. The second kappa shape index (κ2) is 13.8. The van der Waals surface area contributed by atoms with Crippen molar-refractivity contribution in [2.45, 2.75) is 18.7 Å². The zero-order valence-electron chi connectivity index (χ0n) is 21.9. The van der Waals surface area contributed by atoms with Crippen molar-refractivity contribution in [2.75, 3.05) is 31.2 Å². The van der Waals surface area contributed by atoms with Gasteiger partial charge in [0.1, 0.15) is 18.9 Å². The molecule has 11 heteroatoms. The lowest BCUT2D eigenvalue weighted by atomic mass is 10.2. The van der Waals surface area contributed by atoms with E-state index in [1.54, 1.807) is 54.6 Å². The molecule has 0 fully saturated rings. The van der Waals surface area contributed by atoms with Crippen LogP contribution in [0.3, 0.4) is 0 Å². The van der Waals surface area contributed by atoms with Crippen LogP contribution in [0.25, 0.3) is 0 Å². The minimum Gasteiger partial charge on any atom is -0.494 e. The Labute approximate surface area is 237 Å². The van der Waals surface area contributed by atoms with Crippen molar-refractivity contribution in [3.05, 3.63) is 88.9 Å². The molecule has 3 aromatic rings. The molecular formula is C28H30BrN3O6S. The van der Waals surface area contributed by atoms with Gasteiger partial charge in [0.25, 0.3) is 15.9 Å². The van der Waals surface area contributed by atoms with E-state index in [0.29, 0.717) is 46.2 Å². The van der Waals surface area contributed by atoms with E-state index in [4.69, 9.17) is 14.2 Å². The van der Waals surface area contributed by atoms with Crippen LogP contribution in [-0.2, 0) is 14.8 Å². The topological polar surface area (TPSA) is 107 Å². The van der Waals surface area contributed by atoms with Crippen molar-refractivity contribution < 1.29 is 27.4 Å². The molecule has 0 saturated carbocycles. The maximum atomic E-state index is 13.6. The molecule has 3 aromatic carbocycles. The Bertz CT molecular complexity index is 1420. The first kappa shape index (κ1) is 29.7. The van der Waals surface area contributed by atoms with Gasteiger partial charge in [-0.2, -0.15) is 5.10 Å². The Morgan fingerprint density at radius 2 is 1.79 bits per heavy atom. The van der Waals surface area contributed by atoms with E-state index in [9.17, 15) is 13.2 Å². The molecule has 0 spiro atoms. The molecule has 0 atom stereocenters. The van der Waals surface area contributed by atoms with E-state index in [0.717, 1.165) is 9.87 Å². The summed E-state index contributed by atoms with van der Waals surface area (Å²) >= 11 is 3.44. The molecule has 0 aliphatic carbocycles. The third kappa shape index (κ3) is 7.84. The average molecular weight is 617 g/mol. The summed E-state index contributed by atoms with van der Waals surface area (Å²) in [6.45, 7) is 7.63. The lowest BCUT2D eigenvalue weighted by Gasteiger charge is -2.24. The van der Waals surface area contributed by atoms with Crippen LogP contribution in [0, 0.1) is 6.92 Å². The standard InChI is InChI=1S/C28H30BrN3O6S/c1-5-15-38-28-25(29)16-21(17-26(28)36-4)18-30-31-27(33)19-32(22-9-7-20(3)8-10-22)39(34,35)24-13-11-23(12-14-24)37-6-2/h5,7-14,16-18H,1,6,15,19H2,2-4H3,(H,31,33)/b30-18-. The first-order chi connectivity index (χ1) is 18.7. The number of halogens is 1. The van der Waals surface area contributed by atoms with Crippen LogP contribution in [0.5, 0.6) is 17.2 Å². The highest BCUT2D eigenvalue weighted by atomic mass is 79.9. The summed E-state index contributed by atoms with van der Waals surface area (Å²) in [5.41, 5.74) is 4.31. The molecule has 0 radical (unpaired) electrons. The monoisotopic (exact) mass is 615 g/mol. The predicted octanol–water partition coefficient (Wildman–Crippen LogP) is 5.08. The number of rotatable bonds is 13. The van der Waals surface area contributed by atoms with E-state index < -0.39 is 22.5 Å². The van der Waals surface area contributed by atoms with Crippen LogP contribution in [-0.4, -0.2) is 47.4 Å². The van der Waals surface area contributed by atoms with Crippen LogP contribution >= 0.6 is 15.9 Å². The van der Waals surface area contributed by atoms with E-state index >= 15 is 0 Å². The van der Waals surface area contributed by atoms with Crippen molar-refractivity contribution in [3.8, 4) is 17.2 Å². The Kier molecular flexibility index (Phi) is 10.5. The Balaban J connectivity index is 1.81. The van der Waals surface area contributed by atoms with Gasteiger partial charge in [-0.3, -0.25) is 9.10 Å². The number of anilines is 1. The number of carbonyl (C=O) groups is 1. The van der Waals surface area contributed by atoms with Gasteiger partial charge in [0.05, 0.1) is 35.0 Å². The third-order valence-electron chi connectivity index (χ3n) is 5.33. The normalized spacial score (nSPS) is 11.2. The average Bonchev–Trinajstić information content (AvgIpc) is 2.92. The van der Waals surface area contributed by atoms with E-state index in [1.807, 2.05) is 13.8 Å². The van der Waals surface area contributed by atoms with Crippen molar-refractivity contribution in [1.82, 2.24) is 5.43 Å².